The van der Waals surface area contributed by atoms with Crippen molar-refractivity contribution >= 4 is 27.3 Å². The molecule has 0 aromatic heterocycles. The first-order valence-electron chi connectivity index (χ1n) is 7.85. The van der Waals surface area contributed by atoms with E-state index in [4.69, 9.17) is 9.47 Å². The second-order valence-electron chi connectivity index (χ2n) is 5.62. The van der Waals surface area contributed by atoms with Gasteiger partial charge in [0.05, 0.1) is 31.9 Å². The summed E-state index contributed by atoms with van der Waals surface area (Å²) in [7, 11) is -0.674. The Bertz CT molecular complexity index is 865. The maximum absolute atomic E-state index is 12.7. The average Bonchev–Trinajstić information content (AvgIpc) is 2.61. The highest BCUT2D eigenvalue weighted by atomic mass is 32.2. The summed E-state index contributed by atoms with van der Waals surface area (Å²) in [5.74, 6) is 0.604. The summed E-state index contributed by atoms with van der Waals surface area (Å²) in [5, 5.41) is 2.71. The Morgan fingerprint density at radius 3 is 2.19 bits per heavy atom. The van der Waals surface area contributed by atoms with Crippen LogP contribution in [-0.4, -0.2) is 40.8 Å². The SMILES string of the molecule is COc1ccc(N([C@H](C)C(=O)Nc2ccccc2OC)S(C)(=O)=O)cc1. The molecule has 1 amide bonds. The number of nitrogens with zero attached hydrogens (tertiary/aromatic N) is 1. The quantitative estimate of drug-likeness (QED) is 0.800. The van der Waals surface area contributed by atoms with Crippen LogP contribution in [0.5, 0.6) is 11.5 Å². The number of carbonyl (C=O) groups is 1. The molecule has 0 radical (unpaired) electrons. The van der Waals surface area contributed by atoms with Gasteiger partial charge < -0.3 is 14.8 Å². The second kappa shape index (κ2) is 8.09. The van der Waals surface area contributed by atoms with Crippen molar-refractivity contribution in [3.63, 3.8) is 0 Å². The van der Waals surface area contributed by atoms with Gasteiger partial charge in [0.15, 0.2) is 0 Å². The predicted molar refractivity (Wildman–Crippen MR) is 101 cm³/mol. The standard InChI is InChI=1S/C18H22N2O5S/c1-13(18(21)19-16-7-5-6-8-17(16)25-3)20(26(4,22)23)14-9-11-15(24-2)12-10-14/h5-13H,1-4H3,(H,19,21)/t13-/m1/s1. The van der Waals surface area contributed by atoms with Crippen LogP contribution >= 0.6 is 0 Å². The zero-order valence-electron chi connectivity index (χ0n) is 15.1. The Hall–Kier alpha value is -2.74. The fourth-order valence-electron chi connectivity index (χ4n) is 2.52. The first-order valence-corrected chi connectivity index (χ1v) is 9.70. The molecule has 2 rings (SSSR count). The average molecular weight is 378 g/mol. The molecule has 0 bridgehead atoms. The van der Waals surface area contributed by atoms with Crippen molar-refractivity contribution in [1.82, 2.24) is 0 Å². The largest absolute Gasteiger partial charge is 0.497 e. The number of ether oxygens (including phenoxy) is 2. The summed E-state index contributed by atoms with van der Waals surface area (Å²) >= 11 is 0. The number of benzene rings is 2. The lowest BCUT2D eigenvalue weighted by Gasteiger charge is -2.28. The molecule has 0 spiro atoms. The monoisotopic (exact) mass is 378 g/mol. The highest BCUT2D eigenvalue weighted by molar-refractivity contribution is 7.92. The number of hydrogen-bond donors (Lipinski definition) is 1. The molecule has 0 unspecified atom stereocenters. The minimum absolute atomic E-state index is 0.371. The Balaban J connectivity index is 2.31. The topological polar surface area (TPSA) is 84.9 Å². The molecule has 2 aromatic rings. The minimum Gasteiger partial charge on any atom is -0.497 e. The van der Waals surface area contributed by atoms with E-state index in [0.29, 0.717) is 22.9 Å². The predicted octanol–water partition coefficient (Wildman–Crippen LogP) is 2.50. The van der Waals surface area contributed by atoms with E-state index in [1.165, 1.54) is 21.1 Å². The molecule has 1 atom stereocenters. The number of nitrogens with one attached hydrogen (secondary N) is 1. The number of para-hydroxylation sites is 2. The van der Waals surface area contributed by atoms with Crippen molar-refractivity contribution in [1.29, 1.82) is 0 Å². The molecule has 0 aliphatic rings. The summed E-state index contributed by atoms with van der Waals surface area (Å²) in [5.41, 5.74) is 0.839. The van der Waals surface area contributed by atoms with E-state index in [1.807, 2.05) is 0 Å². The summed E-state index contributed by atoms with van der Waals surface area (Å²) < 4.78 is 36.0. The molecular weight excluding hydrogens is 356 g/mol. The van der Waals surface area contributed by atoms with Crippen molar-refractivity contribution in [3.8, 4) is 11.5 Å². The fourth-order valence-corrected chi connectivity index (χ4v) is 3.70. The minimum atomic E-state index is -3.69. The third kappa shape index (κ3) is 4.45. The van der Waals surface area contributed by atoms with Gasteiger partial charge in [0, 0.05) is 0 Å². The molecule has 0 heterocycles. The zero-order valence-corrected chi connectivity index (χ0v) is 15.9. The molecule has 0 saturated heterocycles. The van der Waals surface area contributed by atoms with Crippen LogP contribution in [0.15, 0.2) is 48.5 Å². The van der Waals surface area contributed by atoms with E-state index in [0.717, 1.165) is 10.6 Å². The zero-order chi connectivity index (χ0) is 19.3. The molecule has 8 heteroatoms. The van der Waals surface area contributed by atoms with Gasteiger partial charge in [0.25, 0.3) is 0 Å². The molecule has 2 aromatic carbocycles. The molecule has 0 saturated carbocycles. The van der Waals surface area contributed by atoms with Crippen LogP contribution in [0.25, 0.3) is 0 Å². The molecule has 26 heavy (non-hydrogen) atoms. The van der Waals surface area contributed by atoms with Crippen LogP contribution < -0.4 is 19.1 Å². The molecule has 0 fully saturated rings. The van der Waals surface area contributed by atoms with E-state index >= 15 is 0 Å². The van der Waals surface area contributed by atoms with Crippen LogP contribution in [0.3, 0.4) is 0 Å². The number of methoxy groups -OCH3 is 2. The molecule has 7 nitrogen and oxygen atoms in total. The molecule has 0 aliphatic carbocycles. The number of sulfonamides is 1. The first kappa shape index (κ1) is 19.6. The smallest absolute Gasteiger partial charge is 0.248 e. The van der Waals surface area contributed by atoms with Crippen molar-refractivity contribution in [3.05, 3.63) is 48.5 Å². The number of rotatable bonds is 7. The van der Waals surface area contributed by atoms with Gasteiger partial charge in [-0.25, -0.2) is 8.42 Å². The van der Waals surface area contributed by atoms with E-state index in [1.54, 1.807) is 48.5 Å². The van der Waals surface area contributed by atoms with Crippen molar-refractivity contribution in [2.75, 3.05) is 30.1 Å². The van der Waals surface area contributed by atoms with Gasteiger partial charge in [-0.05, 0) is 43.3 Å². The second-order valence-corrected chi connectivity index (χ2v) is 7.48. The van der Waals surface area contributed by atoms with Gasteiger partial charge in [-0.15, -0.1) is 0 Å². The Morgan fingerprint density at radius 1 is 1.04 bits per heavy atom. The lowest BCUT2D eigenvalue weighted by Crippen LogP contribution is -2.45. The van der Waals surface area contributed by atoms with E-state index in [2.05, 4.69) is 5.32 Å². The number of anilines is 2. The van der Waals surface area contributed by atoms with Gasteiger partial charge in [-0.1, -0.05) is 12.1 Å². The number of amides is 1. The highest BCUT2D eigenvalue weighted by Gasteiger charge is 2.29. The molecule has 140 valence electrons. The lowest BCUT2D eigenvalue weighted by molar-refractivity contribution is -0.116. The summed E-state index contributed by atoms with van der Waals surface area (Å²) in [4.78, 5) is 12.7. The third-order valence-electron chi connectivity index (χ3n) is 3.78. The van der Waals surface area contributed by atoms with Crippen molar-refractivity contribution < 1.29 is 22.7 Å². The Kier molecular flexibility index (Phi) is 6.10. The molecule has 0 aliphatic heterocycles. The van der Waals surface area contributed by atoms with Crippen molar-refractivity contribution in [2.24, 2.45) is 0 Å². The van der Waals surface area contributed by atoms with Crippen LogP contribution in [0.2, 0.25) is 0 Å². The van der Waals surface area contributed by atoms with Gasteiger partial charge in [-0.2, -0.15) is 0 Å². The molecule has 1 N–H and O–H groups in total. The van der Waals surface area contributed by atoms with Crippen LogP contribution in [0.1, 0.15) is 6.92 Å². The van der Waals surface area contributed by atoms with Gasteiger partial charge in [-0.3, -0.25) is 9.10 Å². The maximum Gasteiger partial charge on any atom is 0.248 e. The van der Waals surface area contributed by atoms with Gasteiger partial charge in [0.1, 0.15) is 17.5 Å². The normalized spacial score (nSPS) is 12.2. The van der Waals surface area contributed by atoms with Crippen molar-refractivity contribution in [2.45, 2.75) is 13.0 Å². The Morgan fingerprint density at radius 2 is 1.65 bits per heavy atom. The fraction of sp³-hybridized carbons (Fsp3) is 0.278. The number of carbonyl (C=O) groups excluding carboxylic acids is 1. The van der Waals surface area contributed by atoms with Crippen LogP contribution in [0.4, 0.5) is 11.4 Å². The maximum atomic E-state index is 12.7. The Labute approximate surface area is 153 Å². The van der Waals surface area contributed by atoms with E-state index < -0.39 is 22.0 Å². The van der Waals surface area contributed by atoms with Crippen LogP contribution in [-0.2, 0) is 14.8 Å². The lowest BCUT2D eigenvalue weighted by atomic mass is 10.2. The van der Waals surface area contributed by atoms with E-state index in [-0.39, 0.29) is 0 Å². The highest BCUT2D eigenvalue weighted by Crippen LogP contribution is 2.26. The van der Waals surface area contributed by atoms with E-state index in [9.17, 15) is 13.2 Å². The third-order valence-corrected chi connectivity index (χ3v) is 5.02. The summed E-state index contributed by atoms with van der Waals surface area (Å²) in [6.45, 7) is 1.52. The molecular formula is C18H22N2O5S. The first-order chi connectivity index (χ1) is 12.3. The summed E-state index contributed by atoms with van der Waals surface area (Å²) in [6, 6.07) is 12.4. The van der Waals surface area contributed by atoms with Gasteiger partial charge >= 0.3 is 0 Å². The number of hydrogen-bond acceptors (Lipinski definition) is 5. The van der Waals surface area contributed by atoms with Gasteiger partial charge in [0.2, 0.25) is 15.9 Å². The van der Waals surface area contributed by atoms with Crippen LogP contribution in [0, 0.1) is 0 Å². The summed E-state index contributed by atoms with van der Waals surface area (Å²) in [6.07, 6.45) is 1.06.